The number of rotatable bonds is 4. The summed E-state index contributed by atoms with van der Waals surface area (Å²) in [5, 5.41) is 0.420. The van der Waals surface area contributed by atoms with Crippen molar-refractivity contribution in [1.82, 2.24) is 4.98 Å². The van der Waals surface area contributed by atoms with E-state index in [9.17, 15) is 8.42 Å². The first-order chi connectivity index (χ1) is 8.99. The van der Waals surface area contributed by atoms with Crippen molar-refractivity contribution in [2.24, 2.45) is 0 Å². The lowest BCUT2D eigenvalue weighted by Gasteiger charge is -2.07. The molecule has 100 valence electrons. The van der Waals surface area contributed by atoms with E-state index in [2.05, 4.69) is 4.98 Å². The van der Waals surface area contributed by atoms with Crippen molar-refractivity contribution in [2.75, 3.05) is 11.5 Å². The topological polar surface area (TPSA) is 73.1 Å². The summed E-state index contributed by atoms with van der Waals surface area (Å²) < 4.78 is 24.4. The lowest BCUT2D eigenvalue weighted by molar-refractivity contribution is 0.595. The SMILES string of the molecule is Nc1cc(Cl)ccc1S(=O)(=O)CCc1cccnc1. The highest BCUT2D eigenvalue weighted by Crippen LogP contribution is 2.23. The van der Waals surface area contributed by atoms with Crippen LogP contribution in [0.5, 0.6) is 0 Å². The van der Waals surface area contributed by atoms with Crippen LogP contribution in [0.4, 0.5) is 5.69 Å². The first-order valence-corrected chi connectivity index (χ1v) is 7.69. The Balaban J connectivity index is 2.19. The molecule has 0 atom stereocenters. The summed E-state index contributed by atoms with van der Waals surface area (Å²) in [5.41, 5.74) is 6.75. The van der Waals surface area contributed by atoms with Crippen LogP contribution in [0.3, 0.4) is 0 Å². The maximum absolute atomic E-state index is 12.2. The zero-order valence-electron chi connectivity index (χ0n) is 10.1. The average molecular weight is 297 g/mol. The number of sulfone groups is 1. The van der Waals surface area contributed by atoms with Crippen LogP contribution in [0.1, 0.15) is 5.56 Å². The van der Waals surface area contributed by atoms with Crippen molar-refractivity contribution >= 4 is 27.1 Å². The zero-order valence-corrected chi connectivity index (χ0v) is 11.7. The number of nitrogens with zero attached hydrogens (tertiary/aromatic N) is 1. The molecule has 0 aliphatic carbocycles. The van der Waals surface area contributed by atoms with E-state index in [0.29, 0.717) is 11.4 Å². The van der Waals surface area contributed by atoms with Gasteiger partial charge in [0.05, 0.1) is 16.3 Å². The molecule has 2 rings (SSSR count). The van der Waals surface area contributed by atoms with Gasteiger partial charge in [-0.2, -0.15) is 0 Å². The Labute approximate surface area is 117 Å². The number of nitrogens with two attached hydrogens (primary N) is 1. The number of aryl methyl sites for hydroxylation is 1. The monoisotopic (exact) mass is 296 g/mol. The highest BCUT2D eigenvalue weighted by atomic mass is 35.5. The zero-order chi connectivity index (χ0) is 13.9. The van der Waals surface area contributed by atoms with Crippen LogP contribution in [-0.2, 0) is 16.3 Å². The van der Waals surface area contributed by atoms with Gasteiger partial charge in [-0.3, -0.25) is 4.98 Å². The second-order valence-corrected chi connectivity index (χ2v) is 6.63. The van der Waals surface area contributed by atoms with E-state index >= 15 is 0 Å². The maximum Gasteiger partial charge on any atom is 0.180 e. The number of aromatic nitrogens is 1. The number of hydrogen-bond acceptors (Lipinski definition) is 4. The second-order valence-electron chi connectivity index (χ2n) is 4.11. The number of benzene rings is 1. The Hall–Kier alpha value is -1.59. The largest absolute Gasteiger partial charge is 0.398 e. The van der Waals surface area contributed by atoms with E-state index in [-0.39, 0.29) is 16.3 Å². The minimum absolute atomic E-state index is 0.00940. The molecule has 19 heavy (non-hydrogen) atoms. The van der Waals surface area contributed by atoms with E-state index in [4.69, 9.17) is 17.3 Å². The molecular formula is C13H13ClN2O2S. The molecule has 0 fully saturated rings. The Morgan fingerprint density at radius 2 is 2.05 bits per heavy atom. The summed E-state index contributed by atoms with van der Waals surface area (Å²) in [6.45, 7) is 0. The number of halogens is 1. The van der Waals surface area contributed by atoms with Crippen molar-refractivity contribution in [1.29, 1.82) is 0 Å². The van der Waals surface area contributed by atoms with Crippen LogP contribution < -0.4 is 5.73 Å². The Kier molecular flexibility index (Phi) is 4.07. The molecule has 0 bridgehead atoms. The summed E-state index contributed by atoms with van der Waals surface area (Å²) in [6, 6.07) is 8.02. The van der Waals surface area contributed by atoms with Crippen molar-refractivity contribution in [3.05, 3.63) is 53.3 Å². The van der Waals surface area contributed by atoms with Crippen LogP contribution in [-0.4, -0.2) is 19.2 Å². The molecule has 1 heterocycles. The van der Waals surface area contributed by atoms with Crippen molar-refractivity contribution in [3.63, 3.8) is 0 Å². The lowest BCUT2D eigenvalue weighted by atomic mass is 10.2. The number of nitrogen functional groups attached to an aromatic ring is 1. The van der Waals surface area contributed by atoms with Crippen molar-refractivity contribution < 1.29 is 8.42 Å². The fraction of sp³-hybridized carbons (Fsp3) is 0.154. The third-order valence-electron chi connectivity index (χ3n) is 2.69. The highest BCUT2D eigenvalue weighted by molar-refractivity contribution is 7.91. The second kappa shape index (κ2) is 5.59. The lowest BCUT2D eigenvalue weighted by Crippen LogP contribution is -2.11. The quantitative estimate of drug-likeness (QED) is 0.879. The summed E-state index contributed by atoms with van der Waals surface area (Å²) in [6.07, 6.45) is 3.70. The number of anilines is 1. The molecule has 4 nitrogen and oxygen atoms in total. The van der Waals surface area contributed by atoms with Gasteiger partial charge >= 0.3 is 0 Å². The molecule has 0 saturated carbocycles. The molecular weight excluding hydrogens is 284 g/mol. The van der Waals surface area contributed by atoms with E-state index < -0.39 is 9.84 Å². The predicted molar refractivity (Wildman–Crippen MR) is 75.9 cm³/mol. The number of hydrogen-bond donors (Lipinski definition) is 1. The first-order valence-electron chi connectivity index (χ1n) is 5.66. The van der Waals surface area contributed by atoms with Crippen molar-refractivity contribution in [3.8, 4) is 0 Å². The molecule has 2 aromatic rings. The van der Waals surface area contributed by atoms with Gasteiger partial charge in [0.15, 0.2) is 9.84 Å². The van der Waals surface area contributed by atoms with Gasteiger partial charge in [-0.25, -0.2) is 8.42 Å². The minimum atomic E-state index is -3.42. The fourth-order valence-corrected chi connectivity index (χ4v) is 3.31. The van der Waals surface area contributed by atoms with Crippen LogP contribution in [0, 0.1) is 0 Å². The Bertz CT molecular complexity index is 672. The summed E-state index contributed by atoms with van der Waals surface area (Å²) in [4.78, 5) is 4.08. The van der Waals surface area contributed by atoms with Crippen LogP contribution in [0.15, 0.2) is 47.6 Å². The van der Waals surface area contributed by atoms with Crippen LogP contribution in [0.25, 0.3) is 0 Å². The summed E-state index contributed by atoms with van der Waals surface area (Å²) in [5.74, 6) is -0.00940. The third kappa shape index (κ3) is 3.45. The standard InChI is InChI=1S/C13H13ClN2O2S/c14-11-3-4-13(12(15)8-11)19(17,18)7-5-10-2-1-6-16-9-10/h1-4,6,8-9H,5,7,15H2. The molecule has 0 spiro atoms. The van der Waals surface area contributed by atoms with E-state index in [1.165, 1.54) is 18.2 Å². The molecule has 0 saturated heterocycles. The third-order valence-corrected chi connectivity index (χ3v) is 4.71. The van der Waals surface area contributed by atoms with Gasteiger partial charge in [0.25, 0.3) is 0 Å². The van der Waals surface area contributed by atoms with Crippen LogP contribution >= 0.6 is 11.6 Å². The molecule has 0 aliphatic heterocycles. The van der Waals surface area contributed by atoms with Gasteiger partial charge in [0.1, 0.15) is 0 Å². The van der Waals surface area contributed by atoms with E-state index in [1.807, 2.05) is 6.07 Å². The predicted octanol–water partition coefficient (Wildman–Crippen LogP) is 2.33. The summed E-state index contributed by atoms with van der Waals surface area (Å²) >= 11 is 5.76. The van der Waals surface area contributed by atoms with Gasteiger partial charge in [0, 0.05) is 17.4 Å². The first kappa shape index (κ1) is 13.8. The van der Waals surface area contributed by atoms with Crippen LogP contribution in [0.2, 0.25) is 5.02 Å². The minimum Gasteiger partial charge on any atom is -0.398 e. The molecule has 2 N–H and O–H groups in total. The van der Waals surface area contributed by atoms with E-state index in [0.717, 1.165) is 5.56 Å². The Morgan fingerprint density at radius 1 is 1.26 bits per heavy atom. The normalized spacial score (nSPS) is 11.4. The van der Waals surface area contributed by atoms with Gasteiger partial charge in [0.2, 0.25) is 0 Å². The Morgan fingerprint density at radius 3 is 2.68 bits per heavy atom. The molecule has 0 aliphatic rings. The molecule has 6 heteroatoms. The molecule has 0 amide bonds. The van der Waals surface area contributed by atoms with Crippen molar-refractivity contribution in [2.45, 2.75) is 11.3 Å². The smallest absolute Gasteiger partial charge is 0.180 e. The van der Waals surface area contributed by atoms with Gasteiger partial charge < -0.3 is 5.73 Å². The molecule has 1 aromatic heterocycles. The average Bonchev–Trinajstić information content (AvgIpc) is 2.37. The fourth-order valence-electron chi connectivity index (χ4n) is 1.71. The summed E-state index contributed by atoms with van der Waals surface area (Å²) in [7, 11) is -3.42. The highest BCUT2D eigenvalue weighted by Gasteiger charge is 2.17. The van der Waals surface area contributed by atoms with Gasteiger partial charge in [-0.15, -0.1) is 0 Å². The molecule has 0 unspecified atom stereocenters. The van der Waals surface area contributed by atoms with E-state index in [1.54, 1.807) is 18.5 Å². The van der Waals surface area contributed by atoms with Gasteiger partial charge in [-0.05, 0) is 36.2 Å². The maximum atomic E-state index is 12.2. The molecule has 1 aromatic carbocycles. The molecule has 0 radical (unpaired) electrons. The number of pyridine rings is 1. The van der Waals surface area contributed by atoms with Gasteiger partial charge in [-0.1, -0.05) is 17.7 Å².